The van der Waals surface area contributed by atoms with Crippen molar-refractivity contribution in [1.29, 1.82) is 0 Å². The number of hydrogen-bond donors (Lipinski definition) is 2. The number of hydrogen-bond acceptors (Lipinski definition) is 3. The van der Waals surface area contributed by atoms with Gasteiger partial charge in [-0.2, -0.15) is 0 Å². The van der Waals surface area contributed by atoms with Gasteiger partial charge in [-0.15, -0.1) is 0 Å². The standard InChI is InChI=1S/C8H8ClNO4S/c9-6-3-1-2-4-7(6)10-15(13,14)5-8(11)12/h1-4,10H,5H2,(H,11,12). The highest BCUT2D eigenvalue weighted by atomic mass is 35.5. The van der Waals surface area contributed by atoms with Crippen molar-refractivity contribution in [2.75, 3.05) is 10.5 Å². The van der Waals surface area contributed by atoms with E-state index < -0.39 is 21.7 Å². The highest BCUT2D eigenvalue weighted by Gasteiger charge is 2.16. The molecule has 1 aromatic carbocycles. The molecule has 0 spiro atoms. The summed E-state index contributed by atoms with van der Waals surface area (Å²) in [5, 5.41) is 8.56. The van der Waals surface area contributed by atoms with Crippen LogP contribution in [0.3, 0.4) is 0 Å². The van der Waals surface area contributed by atoms with Crippen LogP contribution in [0.15, 0.2) is 24.3 Å². The fraction of sp³-hybridized carbons (Fsp3) is 0.125. The summed E-state index contributed by atoms with van der Waals surface area (Å²) in [5.41, 5.74) is 0.167. The molecule has 0 aliphatic heterocycles. The van der Waals surface area contributed by atoms with E-state index in [9.17, 15) is 13.2 Å². The molecule has 0 amide bonds. The number of aliphatic carboxylic acids is 1. The van der Waals surface area contributed by atoms with Crippen molar-refractivity contribution in [3.05, 3.63) is 29.3 Å². The predicted molar refractivity (Wildman–Crippen MR) is 56.5 cm³/mol. The van der Waals surface area contributed by atoms with Gasteiger partial charge >= 0.3 is 5.97 Å². The van der Waals surface area contributed by atoms with Crippen molar-refractivity contribution in [3.63, 3.8) is 0 Å². The summed E-state index contributed by atoms with van der Waals surface area (Å²) in [6, 6.07) is 6.17. The van der Waals surface area contributed by atoms with Crippen molar-refractivity contribution in [2.24, 2.45) is 0 Å². The quantitative estimate of drug-likeness (QED) is 0.839. The van der Waals surface area contributed by atoms with E-state index in [0.717, 1.165) is 0 Å². The molecule has 0 saturated heterocycles. The smallest absolute Gasteiger partial charge is 0.320 e. The minimum Gasteiger partial charge on any atom is -0.480 e. The Morgan fingerprint density at radius 3 is 2.53 bits per heavy atom. The summed E-state index contributed by atoms with van der Waals surface area (Å²) in [6.45, 7) is 0. The summed E-state index contributed by atoms with van der Waals surface area (Å²) < 4.78 is 24.5. The molecule has 0 unspecified atom stereocenters. The molecule has 0 heterocycles. The second-order valence-electron chi connectivity index (χ2n) is 2.73. The van der Waals surface area contributed by atoms with Gasteiger partial charge in [0.2, 0.25) is 10.0 Å². The molecular formula is C8H8ClNO4S. The Labute approximate surface area is 91.7 Å². The number of anilines is 1. The number of nitrogens with one attached hydrogen (secondary N) is 1. The molecule has 1 rings (SSSR count). The topological polar surface area (TPSA) is 83.5 Å². The van der Waals surface area contributed by atoms with Crippen LogP contribution >= 0.6 is 11.6 Å². The van der Waals surface area contributed by atoms with Crippen LogP contribution in [0.25, 0.3) is 0 Å². The number of rotatable bonds is 4. The third-order valence-electron chi connectivity index (χ3n) is 1.45. The Morgan fingerprint density at radius 1 is 1.40 bits per heavy atom. The van der Waals surface area contributed by atoms with Crippen LogP contribution in [0.4, 0.5) is 5.69 Å². The Morgan fingerprint density at radius 2 is 2.00 bits per heavy atom. The first-order valence-electron chi connectivity index (χ1n) is 3.87. The van der Waals surface area contributed by atoms with Gasteiger partial charge in [-0.25, -0.2) is 8.42 Å². The number of halogens is 1. The Hall–Kier alpha value is -1.27. The summed E-state index contributed by atoms with van der Waals surface area (Å²) in [5.74, 6) is -2.41. The first-order chi connectivity index (χ1) is 6.91. The number of para-hydroxylation sites is 1. The lowest BCUT2D eigenvalue weighted by molar-refractivity contribution is -0.134. The van der Waals surface area contributed by atoms with E-state index in [1.807, 2.05) is 0 Å². The lowest BCUT2D eigenvalue weighted by Crippen LogP contribution is -2.22. The fourth-order valence-electron chi connectivity index (χ4n) is 0.910. The molecule has 0 aromatic heterocycles. The molecule has 0 saturated carbocycles. The molecule has 0 aliphatic rings. The summed E-state index contributed by atoms with van der Waals surface area (Å²) in [6.07, 6.45) is 0. The predicted octanol–water partition coefficient (Wildman–Crippen LogP) is 1.17. The second-order valence-corrected chi connectivity index (χ2v) is 4.86. The Kier molecular flexibility index (Phi) is 3.54. The first kappa shape index (κ1) is 11.8. The van der Waals surface area contributed by atoms with Gasteiger partial charge in [0, 0.05) is 0 Å². The van der Waals surface area contributed by atoms with Crippen LogP contribution in [-0.2, 0) is 14.8 Å². The number of benzene rings is 1. The maximum Gasteiger partial charge on any atom is 0.320 e. The highest BCUT2D eigenvalue weighted by Crippen LogP contribution is 2.21. The molecule has 2 N–H and O–H groups in total. The molecule has 82 valence electrons. The zero-order valence-electron chi connectivity index (χ0n) is 7.47. The minimum absolute atomic E-state index is 0.167. The molecular weight excluding hydrogens is 242 g/mol. The molecule has 5 nitrogen and oxygen atoms in total. The Balaban J connectivity index is 2.87. The van der Waals surface area contributed by atoms with Gasteiger partial charge in [0.15, 0.2) is 5.75 Å². The van der Waals surface area contributed by atoms with E-state index in [2.05, 4.69) is 4.72 Å². The molecule has 0 bridgehead atoms. The van der Waals surface area contributed by atoms with Gasteiger partial charge in [-0.1, -0.05) is 23.7 Å². The van der Waals surface area contributed by atoms with Crippen LogP contribution in [0.5, 0.6) is 0 Å². The van der Waals surface area contributed by atoms with E-state index in [-0.39, 0.29) is 10.7 Å². The van der Waals surface area contributed by atoms with Gasteiger partial charge in [-0.3, -0.25) is 9.52 Å². The molecule has 7 heteroatoms. The number of carbonyl (C=O) groups is 1. The van der Waals surface area contributed by atoms with Gasteiger partial charge < -0.3 is 5.11 Å². The van der Waals surface area contributed by atoms with Crippen LogP contribution in [-0.4, -0.2) is 25.2 Å². The molecule has 15 heavy (non-hydrogen) atoms. The molecule has 0 radical (unpaired) electrons. The van der Waals surface area contributed by atoms with E-state index in [4.69, 9.17) is 16.7 Å². The number of carboxylic acids is 1. The van der Waals surface area contributed by atoms with E-state index in [1.165, 1.54) is 12.1 Å². The van der Waals surface area contributed by atoms with Crippen LogP contribution in [0.2, 0.25) is 5.02 Å². The van der Waals surface area contributed by atoms with Crippen LogP contribution in [0.1, 0.15) is 0 Å². The van der Waals surface area contributed by atoms with E-state index in [0.29, 0.717) is 0 Å². The van der Waals surface area contributed by atoms with Crippen molar-refractivity contribution < 1.29 is 18.3 Å². The van der Waals surface area contributed by atoms with Gasteiger partial charge in [0.1, 0.15) is 0 Å². The zero-order chi connectivity index (χ0) is 11.5. The maximum absolute atomic E-state index is 11.2. The monoisotopic (exact) mass is 249 g/mol. The van der Waals surface area contributed by atoms with E-state index >= 15 is 0 Å². The average Bonchev–Trinajstić information content (AvgIpc) is 2.06. The van der Waals surface area contributed by atoms with Gasteiger partial charge in [0.25, 0.3) is 0 Å². The minimum atomic E-state index is -3.89. The SMILES string of the molecule is O=C(O)CS(=O)(=O)Nc1ccccc1Cl. The van der Waals surface area contributed by atoms with Gasteiger partial charge in [0.05, 0.1) is 10.7 Å². The van der Waals surface area contributed by atoms with Crippen molar-refractivity contribution in [1.82, 2.24) is 0 Å². The normalized spacial score (nSPS) is 11.0. The Bertz CT molecular complexity index is 471. The third kappa shape index (κ3) is 3.77. The molecule has 0 atom stereocenters. The molecule has 1 aromatic rings. The first-order valence-corrected chi connectivity index (χ1v) is 5.90. The summed E-state index contributed by atoms with van der Waals surface area (Å²) in [7, 11) is -3.89. The zero-order valence-corrected chi connectivity index (χ0v) is 9.05. The van der Waals surface area contributed by atoms with Crippen LogP contribution in [0, 0.1) is 0 Å². The third-order valence-corrected chi connectivity index (χ3v) is 2.94. The van der Waals surface area contributed by atoms with Crippen LogP contribution < -0.4 is 4.72 Å². The maximum atomic E-state index is 11.2. The summed E-state index contributed by atoms with van der Waals surface area (Å²) >= 11 is 5.69. The van der Waals surface area contributed by atoms with Crippen molar-refractivity contribution >= 4 is 33.3 Å². The molecule has 0 fully saturated rings. The van der Waals surface area contributed by atoms with Crippen molar-refractivity contribution in [2.45, 2.75) is 0 Å². The number of carboxylic acid groups (broad SMARTS) is 1. The molecule has 0 aliphatic carbocycles. The highest BCUT2D eigenvalue weighted by molar-refractivity contribution is 7.93. The largest absolute Gasteiger partial charge is 0.480 e. The average molecular weight is 250 g/mol. The van der Waals surface area contributed by atoms with E-state index in [1.54, 1.807) is 12.1 Å². The number of sulfonamides is 1. The lowest BCUT2D eigenvalue weighted by Gasteiger charge is -2.06. The lowest BCUT2D eigenvalue weighted by atomic mass is 10.3. The second kappa shape index (κ2) is 4.50. The fourth-order valence-corrected chi connectivity index (χ4v) is 2.06. The van der Waals surface area contributed by atoms with Gasteiger partial charge in [-0.05, 0) is 12.1 Å². The summed E-state index contributed by atoms with van der Waals surface area (Å²) in [4.78, 5) is 10.2. The van der Waals surface area contributed by atoms with Crippen molar-refractivity contribution in [3.8, 4) is 0 Å².